The Hall–Kier alpha value is -1.07. The van der Waals surface area contributed by atoms with Gasteiger partial charge in [0.1, 0.15) is 5.82 Å². The van der Waals surface area contributed by atoms with E-state index in [1.165, 1.54) is 0 Å². The standard InChI is InChI=1S/C12H24N4O/c1-10(2)16-7-6-12(15-16)14-9-11(13)5-4-8-17-3/h6-7,10-11H,4-5,8-9,13H2,1-3H3,(H,14,15). The van der Waals surface area contributed by atoms with E-state index in [0.29, 0.717) is 6.04 Å². The second-order valence-electron chi connectivity index (χ2n) is 4.55. The number of aromatic nitrogens is 2. The van der Waals surface area contributed by atoms with Crippen molar-refractivity contribution in [2.45, 2.75) is 38.8 Å². The van der Waals surface area contributed by atoms with Crippen LogP contribution in [0, 0.1) is 0 Å². The summed E-state index contributed by atoms with van der Waals surface area (Å²) in [6.07, 6.45) is 3.94. The van der Waals surface area contributed by atoms with Gasteiger partial charge in [-0.2, -0.15) is 5.10 Å². The van der Waals surface area contributed by atoms with Crippen molar-refractivity contribution in [2.75, 3.05) is 25.6 Å². The molecule has 0 saturated heterocycles. The van der Waals surface area contributed by atoms with Crippen molar-refractivity contribution >= 4 is 5.82 Å². The highest BCUT2D eigenvalue weighted by atomic mass is 16.5. The van der Waals surface area contributed by atoms with Gasteiger partial charge in [0, 0.05) is 44.6 Å². The Bertz CT molecular complexity index is 311. The van der Waals surface area contributed by atoms with Gasteiger partial charge >= 0.3 is 0 Å². The first-order valence-electron chi connectivity index (χ1n) is 6.17. The number of ether oxygens (including phenoxy) is 1. The fraction of sp³-hybridized carbons (Fsp3) is 0.750. The molecular formula is C12H24N4O. The summed E-state index contributed by atoms with van der Waals surface area (Å²) < 4.78 is 6.92. The molecule has 1 aromatic rings. The molecule has 0 fully saturated rings. The predicted octanol–water partition coefficient (Wildman–Crippen LogP) is 1.63. The van der Waals surface area contributed by atoms with Crippen LogP contribution in [0.5, 0.6) is 0 Å². The Morgan fingerprint density at radius 1 is 1.53 bits per heavy atom. The molecule has 5 heteroatoms. The van der Waals surface area contributed by atoms with E-state index in [1.807, 2.05) is 16.9 Å². The fourth-order valence-corrected chi connectivity index (χ4v) is 1.55. The van der Waals surface area contributed by atoms with Crippen molar-refractivity contribution in [1.29, 1.82) is 0 Å². The highest BCUT2D eigenvalue weighted by Gasteiger charge is 2.05. The third kappa shape index (κ3) is 5.19. The van der Waals surface area contributed by atoms with E-state index in [1.54, 1.807) is 7.11 Å². The molecule has 0 aliphatic heterocycles. The van der Waals surface area contributed by atoms with Crippen molar-refractivity contribution in [3.05, 3.63) is 12.3 Å². The predicted molar refractivity (Wildman–Crippen MR) is 70.2 cm³/mol. The Kier molecular flexibility index (Phi) is 6.00. The van der Waals surface area contributed by atoms with Gasteiger partial charge in [-0.15, -0.1) is 0 Å². The van der Waals surface area contributed by atoms with Gasteiger partial charge in [-0.3, -0.25) is 4.68 Å². The van der Waals surface area contributed by atoms with Crippen molar-refractivity contribution in [2.24, 2.45) is 5.73 Å². The zero-order valence-electron chi connectivity index (χ0n) is 11.0. The summed E-state index contributed by atoms with van der Waals surface area (Å²) in [6, 6.07) is 2.51. The minimum Gasteiger partial charge on any atom is -0.385 e. The second kappa shape index (κ2) is 7.29. The zero-order chi connectivity index (χ0) is 12.7. The zero-order valence-corrected chi connectivity index (χ0v) is 11.0. The van der Waals surface area contributed by atoms with Crippen LogP contribution in [0.15, 0.2) is 12.3 Å². The van der Waals surface area contributed by atoms with E-state index >= 15 is 0 Å². The minimum atomic E-state index is 0.148. The molecule has 0 saturated carbocycles. The molecule has 1 aromatic heterocycles. The van der Waals surface area contributed by atoms with Crippen LogP contribution in [0.2, 0.25) is 0 Å². The Balaban J connectivity index is 2.24. The van der Waals surface area contributed by atoms with Crippen LogP contribution in [0.4, 0.5) is 5.82 Å². The number of hydrogen-bond acceptors (Lipinski definition) is 4. The molecule has 0 amide bonds. The largest absolute Gasteiger partial charge is 0.385 e. The van der Waals surface area contributed by atoms with Crippen molar-refractivity contribution in [1.82, 2.24) is 9.78 Å². The number of nitrogens with one attached hydrogen (secondary N) is 1. The van der Waals surface area contributed by atoms with E-state index in [2.05, 4.69) is 24.3 Å². The van der Waals surface area contributed by atoms with Crippen LogP contribution in [-0.4, -0.2) is 36.1 Å². The third-order valence-corrected chi connectivity index (χ3v) is 2.61. The number of nitrogens with zero attached hydrogens (tertiary/aromatic N) is 2. The van der Waals surface area contributed by atoms with Gasteiger partial charge in [0.2, 0.25) is 0 Å². The number of anilines is 1. The summed E-state index contributed by atoms with van der Waals surface area (Å²) in [5.41, 5.74) is 5.98. The first-order chi connectivity index (χ1) is 8.13. The maximum absolute atomic E-state index is 5.98. The highest BCUT2D eigenvalue weighted by Crippen LogP contribution is 2.08. The van der Waals surface area contributed by atoms with Crippen LogP contribution in [0.3, 0.4) is 0 Å². The maximum Gasteiger partial charge on any atom is 0.148 e. The molecular weight excluding hydrogens is 216 g/mol. The van der Waals surface area contributed by atoms with Gasteiger partial charge in [0.15, 0.2) is 0 Å². The quantitative estimate of drug-likeness (QED) is 0.678. The Morgan fingerprint density at radius 3 is 2.88 bits per heavy atom. The summed E-state index contributed by atoms with van der Waals surface area (Å²) in [4.78, 5) is 0. The monoisotopic (exact) mass is 240 g/mol. The number of nitrogens with two attached hydrogens (primary N) is 1. The molecule has 1 unspecified atom stereocenters. The molecule has 17 heavy (non-hydrogen) atoms. The van der Waals surface area contributed by atoms with Crippen molar-refractivity contribution in [3.63, 3.8) is 0 Å². The van der Waals surface area contributed by atoms with Crippen LogP contribution in [0.1, 0.15) is 32.7 Å². The molecule has 0 aliphatic carbocycles. The molecule has 0 aromatic carbocycles. The first kappa shape index (κ1) is 14.0. The van der Waals surface area contributed by atoms with Crippen molar-refractivity contribution in [3.8, 4) is 0 Å². The summed E-state index contributed by atoms with van der Waals surface area (Å²) in [5, 5.41) is 7.65. The van der Waals surface area contributed by atoms with Gasteiger partial charge in [0.25, 0.3) is 0 Å². The van der Waals surface area contributed by atoms with Gasteiger partial charge < -0.3 is 15.8 Å². The van der Waals surface area contributed by atoms with E-state index in [0.717, 1.165) is 31.8 Å². The molecule has 1 rings (SSSR count). The van der Waals surface area contributed by atoms with E-state index < -0.39 is 0 Å². The number of rotatable bonds is 8. The Labute approximate surface area is 103 Å². The molecule has 5 nitrogen and oxygen atoms in total. The summed E-state index contributed by atoms with van der Waals surface area (Å²) in [5.74, 6) is 0.890. The lowest BCUT2D eigenvalue weighted by molar-refractivity contribution is 0.191. The van der Waals surface area contributed by atoms with Gasteiger partial charge in [0.05, 0.1) is 0 Å². The molecule has 1 heterocycles. The number of hydrogen-bond donors (Lipinski definition) is 2. The lowest BCUT2D eigenvalue weighted by Gasteiger charge is -2.12. The number of methoxy groups -OCH3 is 1. The molecule has 98 valence electrons. The van der Waals surface area contributed by atoms with Gasteiger partial charge in [-0.25, -0.2) is 0 Å². The second-order valence-corrected chi connectivity index (χ2v) is 4.55. The van der Waals surface area contributed by atoms with E-state index in [4.69, 9.17) is 10.5 Å². The van der Waals surface area contributed by atoms with Crippen LogP contribution < -0.4 is 11.1 Å². The average Bonchev–Trinajstić information content (AvgIpc) is 2.75. The molecule has 0 bridgehead atoms. The summed E-state index contributed by atoms with van der Waals surface area (Å²) in [6.45, 7) is 5.73. The van der Waals surface area contributed by atoms with E-state index in [9.17, 15) is 0 Å². The van der Waals surface area contributed by atoms with Crippen LogP contribution in [0.25, 0.3) is 0 Å². The fourth-order valence-electron chi connectivity index (χ4n) is 1.55. The molecule has 0 radical (unpaired) electrons. The summed E-state index contributed by atoms with van der Waals surface area (Å²) in [7, 11) is 1.71. The van der Waals surface area contributed by atoms with Gasteiger partial charge in [-0.1, -0.05) is 0 Å². The van der Waals surface area contributed by atoms with Crippen LogP contribution >= 0.6 is 0 Å². The minimum absolute atomic E-state index is 0.148. The molecule has 0 spiro atoms. The van der Waals surface area contributed by atoms with Gasteiger partial charge in [-0.05, 0) is 26.7 Å². The first-order valence-corrected chi connectivity index (χ1v) is 6.17. The smallest absolute Gasteiger partial charge is 0.148 e. The maximum atomic E-state index is 5.98. The Morgan fingerprint density at radius 2 is 2.29 bits per heavy atom. The average molecular weight is 240 g/mol. The topological polar surface area (TPSA) is 65.1 Å². The lowest BCUT2D eigenvalue weighted by Crippen LogP contribution is -2.29. The normalized spacial score (nSPS) is 13.0. The molecule has 3 N–H and O–H groups in total. The molecule has 0 aliphatic rings. The van der Waals surface area contributed by atoms with E-state index in [-0.39, 0.29) is 6.04 Å². The molecule has 1 atom stereocenters. The highest BCUT2D eigenvalue weighted by molar-refractivity contribution is 5.32. The third-order valence-electron chi connectivity index (χ3n) is 2.61. The lowest BCUT2D eigenvalue weighted by atomic mass is 10.2. The summed E-state index contributed by atoms with van der Waals surface area (Å²) >= 11 is 0. The van der Waals surface area contributed by atoms with Crippen molar-refractivity contribution < 1.29 is 4.74 Å². The SMILES string of the molecule is COCCCC(N)CNc1ccn(C(C)C)n1. The van der Waals surface area contributed by atoms with Crippen LogP contribution in [-0.2, 0) is 4.74 Å².